The summed E-state index contributed by atoms with van der Waals surface area (Å²) in [7, 11) is 0. The molecular weight excluding hydrogens is 378 g/mol. The van der Waals surface area contributed by atoms with Crippen LogP contribution in [0.2, 0.25) is 0 Å². The van der Waals surface area contributed by atoms with Crippen LogP contribution < -0.4 is 4.80 Å². The van der Waals surface area contributed by atoms with Crippen LogP contribution in [0, 0.1) is 11.6 Å². The lowest BCUT2D eigenvalue weighted by Gasteiger charge is -2.10. The largest absolute Gasteiger partial charge is 0.337 e. The van der Waals surface area contributed by atoms with Crippen molar-refractivity contribution in [2.45, 2.75) is 19.5 Å². The molecule has 0 aliphatic heterocycles. The van der Waals surface area contributed by atoms with Crippen LogP contribution in [0.15, 0.2) is 77.6 Å². The van der Waals surface area contributed by atoms with E-state index in [4.69, 9.17) is 0 Å². The summed E-state index contributed by atoms with van der Waals surface area (Å²) in [6.07, 6.45) is 6.34. The molecule has 2 aromatic heterocycles. The summed E-state index contributed by atoms with van der Waals surface area (Å²) in [5, 5.41) is 2.02. The molecule has 0 aliphatic rings. The second-order valence-electron chi connectivity index (χ2n) is 6.28. The Bertz CT molecular complexity index is 1120. The number of halogens is 2. The van der Waals surface area contributed by atoms with E-state index in [1.807, 2.05) is 46.5 Å². The van der Waals surface area contributed by atoms with E-state index in [9.17, 15) is 8.78 Å². The van der Waals surface area contributed by atoms with E-state index < -0.39 is 11.6 Å². The SMILES string of the molecule is Fc1ccc(N=c2scc(-c3ccccc3)n2CCCn2ccnc2)c(F)c1. The van der Waals surface area contributed by atoms with Gasteiger partial charge >= 0.3 is 0 Å². The lowest BCUT2D eigenvalue weighted by atomic mass is 10.2. The van der Waals surface area contributed by atoms with Crippen LogP contribution in [0.25, 0.3) is 11.3 Å². The molecule has 4 rings (SSSR count). The molecular formula is C21H18F2N4S. The van der Waals surface area contributed by atoms with Crippen LogP contribution in [0.4, 0.5) is 14.5 Å². The quantitative estimate of drug-likeness (QED) is 0.451. The number of rotatable bonds is 6. The smallest absolute Gasteiger partial charge is 0.190 e. The molecule has 0 aliphatic carbocycles. The lowest BCUT2D eigenvalue weighted by Crippen LogP contribution is -2.17. The van der Waals surface area contributed by atoms with Crippen LogP contribution in [0.5, 0.6) is 0 Å². The minimum Gasteiger partial charge on any atom is -0.337 e. The van der Waals surface area contributed by atoms with Gasteiger partial charge in [-0.15, -0.1) is 11.3 Å². The van der Waals surface area contributed by atoms with Crippen LogP contribution in [-0.2, 0) is 13.1 Å². The number of benzene rings is 2. The van der Waals surface area contributed by atoms with Crippen molar-refractivity contribution < 1.29 is 8.78 Å². The molecule has 2 aromatic carbocycles. The van der Waals surface area contributed by atoms with Crippen LogP contribution in [0.3, 0.4) is 0 Å². The summed E-state index contributed by atoms with van der Waals surface area (Å²) in [6, 6.07) is 13.5. The highest BCUT2D eigenvalue weighted by Gasteiger charge is 2.09. The van der Waals surface area contributed by atoms with E-state index in [0.29, 0.717) is 11.3 Å². The zero-order valence-corrected chi connectivity index (χ0v) is 15.8. The third kappa shape index (κ3) is 4.09. The molecule has 0 N–H and O–H groups in total. The fourth-order valence-corrected chi connectivity index (χ4v) is 3.93. The van der Waals surface area contributed by atoms with Gasteiger partial charge in [-0.25, -0.2) is 18.8 Å². The van der Waals surface area contributed by atoms with Crippen molar-refractivity contribution in [2.75, 3.05) is 0 Å². The zero-order valence-electron chi connectivity index (χ0n) is 15.0. The summed E-state index contributed by atoms with van der Waals surface area (Å²) in [4.78, 5) is 9.20. The van der Waals surface area contributed by atoms with Crippen molar-refractivity contribution in [3.05, 3.63) is 89.1 Å². The Morgan fingerprint density at radius 3 is 2.64 bits per heavy atom. The van der Waals surface area contributed by atoms with Gasteiger partial charge in [-0.1, -0.05) is 30.3 Å². The van der Waals surface area contributed by atoms with E-state index in [1.54, 1.807) is 12.5 Å². The number of aromatic nitrogens is 3. The maximum absolute atomic E-state index is 14.1. The second kappa shape index (κ2) is 8.31. The van der Waals surface area contributed by atoms with Gasteiger partial charge in [-0.2, -0.15) is 0 Å². The molecule has 0 atom stereocenters. The van der Waals surface area contributed by atoms with Gasteiger partial charge in [-0.05, 0) is 24.1 Å². The highest BCUT2D eigenvalue weighted by atomic mass is 32.1. The summed E-state index contributed by atoms with van der Waals surface area (Å²) in [6.45, 7) is 1.54. The van der Waals surface area contributed by atoms with E-state index in [2.05, 4.69) is 14.5 Å². The third-order valence-corrected chi connectivity index (χ3v) is 5.21. The fourth-order valence-electron chi connectivity index (χ4n) is 2.98. The first-order valence-electron chi connectivity index (χ1n) is 8.90. The van der Waals surface area contributed by atoms with E-state index >= 15 is 0 Å². The molecule has 142 valence electrons. The number of imidazole rings is 1. The molecule has 0 spiro atoms. The average Bonchev–Trinajstić information content (AvgIpc) is 3.35. The molecule has 4 nitrogen and oxygen atoms in total. The maximum atomic E-state index is 14.1. The van der Waals surface area contributed by atoms with Crippen molar-refractivity contribution in [3.8, 4) is 11.3 Å². The first-order valence-corrected chi connectivity index (χ1v) is 9.78. The number of hydrogen-bond donors (Lipinski definition) is 0. The molecule has 0 fully saturated rings. The van der Waals surface area contributed by atoms with Gasteiger partial charge in [-0.3, -0.25) is 0 Å². The Hall–Kier alpha value is -3.06. The fraction of sp³-hybridized carbons (Fsp3) is 0.143. The molecule has 4 aromatic rings. The van der Waals surface area contributed by atoms with Crippen LogP contribution in [0.1, 0.15) is 6.42 Å². The van der Waals surface area contributed by atoms with Crippen LogP contribution in [-0.4, -0.2) is 14.1 Å². The maximum Gasteiger partial charge on any atom is 0.190 e. The van der Waals surface area contributed by atoms with E-state index in [0.717, 1.165) is 30.3 Å². The lowest BCUT2D eigenvalue weighted by molar-refractivity contribution is 0.557. The van der Waals surface area contributed by atoms with Gasteiger partial charge < -0.3 is 9.13 Å². The molecule has 7 heteroatoms. The van der Waals surface area contributed by atoms with Crippen molar-refractivity contribution >= 4 is 17.0 Å². The predicted octanol–water partition coefficient (Wildman–Crippen LogP) is 5.01. The Kier molecular flexibility index (Phi) is 5.43. The van der Waals surface area contributed by atoms with Crippen molar-refractivity contribution in [3.63, 3.8) is 0 Å². The first kappa shape index (κ1) is 18.3. The van der Waals surface area contributed by atoms with E-state index in [-0.39, 0.29) is 5.69 Å². The number of nitrogens with zero attached hydrogens (tertiary/aromatic N) is 4. The molecule has 2 heterocycles. The minimum atomic E-state index is -0.667. The Labute approximate surface area is 165 Å². The van der Waals surface area contributed by atoms with Gasteiger partial charge in [0.15, 0.2) is 10.6 Å². The summed E-state index contributed by atoms with van der Waals surface area (Å²) in [5.41, 5.74) is 2.23. The molecule has 0 saturated carbocycles. The summed E-state index contributed by atoms with van der Waals surface area (Å²) >= 11 is 1.44. The molecule has 0 saturated heterocycles. The molecule has 0 radical (unpaired) electrons. The van der Waals surface area contributed by atoms with Gasteiger partial charge in [0.25, 0.3) is 0 Å². The van der Waals surface area contributed by atoms with E-state index in [1.165, 1.54) is 23.5 Å². The molecule has 0 unspecified atom stereocenters. The molecule has 28 heavy (non-hydrogen) atoms. The standard InChI is InChI=1S/C21H18F2N4S/c22-17-7-8-19(18(23)13-17)25-21-27(11-4-10-26-12-9-24-15-26)20(14-28-21)16-5-2-1-3-6-16/h1-3,5-9,12-15H,4,10-11H2. The second-order valence-corrected chi connectivity index (χ2v) is 7.12. The van der Waals surface area contributed by atoms with Crippen molar-refractivity contribution in [1.29, 1.82) is 0 Å². The topological polar surface area (TPSA) is 35.1 Å². The monoisotopic (exact) mass is 396 g/mol. The van der Waals surface area contributed by atoms with Crippen LogP contribution >= 0.6 is 11.3 Å². The van der Waals surface area contributed by atoms with Gasteiger partial charge in [0.05, 0.1) is 12.0 Å². The Balaban J connectivity index is 1.71. The van der Waals surface area contributed by atoms with Crippen molar-refractivity contribution in [1.82, 2.24) is 14.1 Å². The Morgan fingerprint density at radius 1 is 1.04 bits per heavy atom. The highest BCUT2D eigenvalue weighted by molar-refractivity contribution is 7.07. The van der Waals surface area contributed by atoms with Gasteiger partial charge in [0.1, 0.15) is 11.5 Å². The summed E-state index contributed by atoms with van der Waals surface area (Å²) in [5.74, 6) is -1.28. The summed E-state index contributed by atoms with van der Waals surface area (Å²) < 4.78 is 31.4. The highest BCUT2D eigenvalue weighted by Crippen LogP contribution is 2.22. The predicted molar refractivity (Wildman–Crippen MR) is 106 cm³/mol. The molecule has 0 bridgehead atoms. The third-order valence-electron chi connectivity index (χ3n) is 4.35. The number of hydrogen-bond acceptors (Lipinski definition) is 3. The first-order chi connectivity index (χ1) is 13.7. The van der Waals surface area contributed by atoms with Gasteiger partial charge in [0.2, 0.25) is 0 Å². The van der Waals surface area contributed by atoms with Crippen molar-refractivity contribution in [2.24, 2.45) is 4.99 Å². The Morgan fingerprint density at radius 2 is 1.89 bits per heavy atom. The average molecular weight is 396 g/mol. The normalized spacial score (nSPS) is 11.9. The van der Waals surface area contributed by atoms with Gasteiger partial charge in [0, 0.05) is 36.9 Å². The number of thiazole rings is 1. The number of aryl methyl sites for hydroxylation is 1. The zero-order chi connectivity index (χ0) is 19.3. The minimum absolute atomic E-state index is 0.131. The molecule has 0 amide bonds.